The van der Waals surface area contributed by atoms with Crippen LogP contribution in [0.4, 0.5) is 4.39 Å². The van der Waals surface area contributed by atoms with E-state index in [1.54, 1.807) is 6.07 Å². The molecule has 1 aromatic carbocycles. The third-order valence-electron chi connectivity index (χ3n) is 3.99. The van der Waals surface area contributed by atoms with Crippen LogP contribution in [0.2, 0.25) is 5.02 Å². The molecule has 0 heterocycles. The molecule has 0 radical (unpaired) electrons. The molecule has 1 saturated carbocycles. The van der Waals surface area contributed by atoms with Crippen molar-refractivity contribution in [1.29, 1.82) is 0 Å². The van der Waals surface area contributed by atoms with Gasteiger partial charge in [0.05, 0.1) is 16.6 Å². The highest BCUT2D eigenvalue weighted by Crippen LogP contribution is 2.27. The molecule has 3 N–H and O–H groups in total. The number of rotatable bonds is 3. The highest BCUT2D eigenvalue weighted by Gasteiger charge is 2.35. The lowest BCUT2D eigenvalue weighted by Crippen LogP contribution is -2.55. The van der Waals surface area contributed by atoms with E-state index in [9.17, 15) is 9.18 Å². The summed E-state index contributed by atoms with van der Waals surface area (Å²) in [7, 11) is 0. The average Bonchev–Trinajstić information content (AvgIpc) is 2.42. The Hall–Kier alpha value is -1.13. The Morgan fingerprint density at radius 1 is 1.40 bits per heavy atom. The van der Waals surface area contributed by atoms with Gasteiger partial charge in [0.2, 0.25) is 5.91 Å². The van der Waals surface area contributed by atoms with Gasteiger partial charge in [0.25, 0.3) is 0 Å². The molecular formula is C15H20ClFN2O. The molecule has 2 rings (SSSR count). The Morgan fingerprint density at radius 3 is 2.65 bits per heavy atom. The normalized spacial score (nSPS) is 19.4. The van der Waals surface area contributed by atoms with Crippen LogP contribution in [0.3, 0.4) is 0 Å². The maximum absolute atomic E-state index is 13.1. The molecule has 0 saturated heterocycles. The zero-order valence-corrected chi connectivity index (χ0v) is 12.3. The minimum Gasteiger partial charge on any atom is -0.348 e. The highest BCUT2D eigenvalue weighted by molar-refractivity contribution is 6.30. The summed E-state index contributed by atoms with van der Waals surface area (Å²) in [6.45, 7) is 1.84. The van der Waals surface area contributed by atoms with Crippen molar-refractivity contribution in [1.82, 2.24) is 5.32 Å². The summed E-state index contributed by atoms with van der Waals surface area (Å²) < 4.78 is 13.1. The molecule has 0 aromatic heterocycles. The lowest BCUT2D eigenvalue weighted by atomic mass is 9.81. The number of amides is 1. The molecule has 0 spiro atoms. The van der Waals surface area contributed by atoms with Gasteiger partial charge in [0, 0.05) is 0 Å². The Bertz CT molecular complexity index is 501. The molecule has 5 heteroatoms. The summed E-state index contributed by atoms with van der Waals surface area (Å²) in [5, 5.41) is 2.97. The van der Waals surface area contributed by atoms with E-state index in [-0.39, 0.29) is 17.0 Å². The molecule has 0 bridgehead atoms. The number of hydrogen-bond donors (Lipinski definition) is 2. The summed E-state index contributed by atoms with van der Waals surface area (Å²) >= 11 is 5.76. The third-order valence-corrected chi connectivity index (χ3v) is 4.28. The van der Waals surface area contributed by atoms with Crippen molar-refractivity contribution >= 4 is 17.5 Å². The minimum atomic E-state index is -0.768. The first-order valence-electron chi connectivity index (χ1n) is 6.97. The van der Waals surface area contributed by atoms with Gasteiger partial charge in [-0.05, 0) is 37.5 Å². The van der Waals surface area contributed by atoms with Crippen molar-refractivity contribution < 1.29 is 9.18 Å². The number of hydrogen-bond acceptors (Lipinski definition) is 2. The van der Waals surface area contributed by atoms with E-state index in [0.29, 0.717) is 0 Å². The number of carbonyl (C=O) groups excluding carboxylic acids is 1. The van der Waals surface area contributed by atoms with E-state index in [4.69, 9.17) is 17.3 Å². The second-order valence-corrected chi connectivity index (χ2v) is 5.99. The van der Waals surface area contributed by atoms with Gasteiger partial charge >= 0.3 is 0 Å². The topological polar surface area (TPSA) is 55.1 Å². The largest absolute Gasteiger partial charge is 0.348 e. The van der Waals surface area contributed by atoms with E-state index in [0.717, 1.165) is 37.7 Å². The third kappa shape index (κ3) is 3.30. The van der Waals surface area contributed by atoms with Gasteiger partial charge in [-0.3, -0.25) is 4.79 Å². The smallest absolute Gasteiger partial charge is 0.240 e. The fourth-order valence-corrected chi connectivity index (χ4v) is 2.80. The van der Waals surface area contributed by atoms with Crippen LogP contribution in [0.25, 0.3) is 0 Å². The Kier molecular flexibility index (Phi) is 4.66. The predicted octanol–water partition coefficient (Wildman–Crippen LogP) is 3.32. The van der Waals surface area contributed by atoms with Crippen molar-refractivity contribution in [2.75, 3.05) is 0 Å². The molecule has 1 fully saturated rings. The van der Waals surface area contributed by atoms with Crippen LogP contribution < -0.4 is 11.1 Å². The van der Waals surface area contributed by atoms with Crippen LogP contribution in [0.15, 0.2) is 18.2 Å². The number of benzene rings is 1. The van der Waals surface area contributed by atoms with Crippen molar-refractivity contribution in [2.45, 2.75) is 50.6 Å². The molecule has 1 aliphatic rings. The number of nitrogens with one attached hydrogen (secondary N) is 1. The summed E-state index contributed by atoms with van der Waals surface area (Å²) in [5.41, 5.74) is 6.19. The predicted molar refractivity (Wildman–Crippen MR) is 78.0 cm³/mol. The molecule has 0 aliphatic heterocycles. The molecule has 1 amide bonds. The van der Waals surface area contributed by atoms with Crippen LogP contribution in [-0.4, -0.2) is 11.4 Å². The molecule has 1 unspecified atom stereocenters. The summed E-state index contributed by atoms with van der Waals surface area (Å²) in [4.78, 5) is 12.3. The van der Waals surface area contributed by atoms with Crippen LogP contribution in [0.1, 0.15) is 50.6 Å². The fourth-order valence-electron chi connectivity index (χ4n) is 2.62. The van der Waals surface area contributed by atoms with Crippen LogP contribution in [0, 0.1) is 5.82 Å². The lowest BCUT2D eigenvalue weighted by molar-refractivity contribution is -0.128. The first-order chi connectivity index (χ1) is 9.42. The number of nitrogens with two attached hydrogens (primary N) is 1. The quantitative estimate of drug-likeness (QED) is 0.899. The molecule has 20 heavy (non-hydrogen) atoms. The zero-order valence-electron chi connectivity index (χ0n) is 11.6. The van der Waals surface area contributed by atoms with Crippen molar-refractivity contribution in [3.63, 3.8) is 0 Å². The monoisotopic (exact) mass is 298 g/mol. The lowest BCUT2D eigenvalue weighted by Gasteiger charge is -2.33. The summed E-state index contributed by atoms with van der Waals surface area (Å²) in [6.07, 6.45) is 4.54. The van der Waals surface area contributed by atoms with Gasteiger partial charge in [0.1, 0.15) is 5.82 Å². The van der Waals surface area contributed by atoms with Crippen LogP contribution in [-0.2, 0) is 4.79 Å². The molecular weight excluding hydrogens is 279 g/mol. The molecule has 110 valence electrons. The Morgan fingerprint density at radius 2 is 2.05 bits per heavy atom. The van der Waals surface area contributed by atoms with Crippen molar-refractivity contribution in [3.05, 3.63) is 34.6 Å². The Balaban J connectivity index is 2.04. The SMILES string of the molecule is CC(NC(=O)C1(N)CCCCC1)c1ccc(F)c(Cl)c1. The number of halogens is 2. The summed E-state index contributed by atoms with van der Waals surface area (Å²) in [6, 6.07) is 4.21. The van der Waals surface area contributed by atoms with E-state index in [2.05, 4.69) is 5.32 Å². The second kappa shape index (κ2) is 6.10. The van der Waals surface area contributed by atoms with Crippen molar-refractivity contribution in [2.24, 2.45) is 5.73 Å². The minimum absolute atomic E-state index is 0.0590. The van der Waals surface area contributed by atoms with Gasteiger partial charge in [-0.2, -0.15) is 0 Å². The second-order valence-electron chi connectivity index (χ2n) is 5.59. The Labute approximate surface area is 123 Å². The standard InChI is InChI=1S/C15H20ClFN2O/c1-10(11-5-6-13(17)12(16)9-11)19-14(20)15(18)7-3-2-4-8-15/h5-6,9-10H,2-4,7-8,18H2,1H3,(H,19,20). The van der Waals surface area contributed by atoms with Crippen molar-refractivity contribution in [3.8, 4) is 0 Å². The van der Waals surface area contributed by atoms with E-state index in [1.165, 1.54) is 12.1 Å². The van der Waals surface area contributed by atoms with Gasteiger partial charge in [-0.1, -0.05) is 36.9 Å². The fraction of sp³-hybridized carbons (Fsp3) is 0.533. The summed E-state index contributed by atoms with van der Waals surface area (Å²) in [5.74, 6) is -0.596. The first kappa shape index (κ1) is 15.3. The van der Waals surface area contributed by atoms with Crippen LogP contribution in [0.5, 0.6) is 0 Å². The number of carbonyl (C=O) groups is 1. The molecule has 1 aliphatic carbocycles. The highest BCUT2D eigenvalue weighted by atomic mass is 35.5. The van der Waals surface area contributed by atoms with E-state index >= 15 is 0 Å². The molecule has 1 atom stereocenters. The maximum atomic E-state index is 13.1. The van der Waals surface area contributed by atoms with E-state index < -0.39 is 11.4 Å². The van der Waals surface area contributed by atoms with Gasteiger partial charge in [0.15, 0.2) is 0 Å². The van der Waals surface area contributed by atoms with Gasteiger partial charge in [-0.25, -0.2) is 4.39 Å². The zero-order chi connectivity index (χ0) is 14.8. The van der Waals surface area contributed by atoms with Gasteiger partial charge < -0.3 is 11.1 Å². The first-order valence-corrected chi connectivity index (χ1v) is 7.35. The maximum Gasteiger partial charge on any atom is 0.240 e. The van der Waals surface area contributed by atoms with Gasteiger partial charge in [-0.15, -0.1) is 0 Å². The van der Waals surface area contributed by atoms with E-state index in [1.807, 2.05) is 6.92 Å². The average molecular weight is 299 g/mol. The molecule has 3 nitrogen and oxygen atoms in total. The van der Waals surface area contributed by atoms with Crippen LogP contribution >= 0.6 is 11.6 Å². The molecule has 1 aromatic rings.